The molecule has 2 rings (SSSR count). The summed E-state index contributed by atoms with van der Waals surface area (Å²) in [6.45, 7) is 4.16. The van der Waals surface area contributed by atoms with E-state index in [1.165, 1.54) is 25.3 Å². The van der Waals surface area contributed by atoms with Crippen LogP contribution in [0.5, 0.6) is 5.75 Å². The van der Waals surface area contributed by atoms with Crippen LogP contribution in [0.25, 0.3) is 0 Å². The van der Waals surface area contributed by atoms with E-state index >= 15 is 0 Å². The second kappa shape index (κ2) is 8.53. The lowest BCUT2D eigenvalue weighted by atomic mass is 10.1. The first kappa shape index (κ1) is 20.2. The smallest absolute Gasteiger partial charge is 0.339 e. The number of carbonyl (C=O) groups is 1. The van der Waals surface area contributed by atoms with Crippen molar-refractivity contribution in [2.45, 2.75) is 18.7 Å². The Morgan fingerprint density at radius 2 is 1.92 bits per heavy atom. The summed E-state index contributed by atoms with van der Waals surface area (Å²) in [4.78, 5) is 11.6. The predicted octanol–water partition coefficient (Wildman–Crippen LogP) is 3.10. The number of carbonyl (C=O) groups excluding carboxylic acids is 1. The van der Waals surface area contributed by atoms with Gasteiger partial charge in [0.15, 0.2) is 0 Å². The standard InChI is InChI=1S/C18H20ClNO5S/c1-12-5-4-6-17(13(12)2)25-10-9-20-26(22,23)14-7-8-16(19)15(11-14)18(21)24-3/h4-8,11,20H,9-10H2,1-3H3. The maximum atomic E-state index is 12.4. The molecule has 26 heavy (non-hydrogen) atoms. The maximum Gasteiger partial charge on any atom is 0.339 e. The molecule has 2 aromatic carbocycles. The maximum absolute atomic E-state index is 12.4. The van der Waals surface area contributed by atoms with E-state index in [0.717, 1.165) is 11.1 Å². The summed E-state index contributed by atoms with van der Waals surface area (Å²) >= 11 is 5.91. The Hall–Kier alpha value is -2.09. The molecule has 0 aliphatic heterocycles. The van der Waals surface area contributed by atoms with Gasteiger partial charge in [-0.05, 0) is 49.2 Å². The van der Waals surface area contributed by atoms with Crippen molar-refractivity contribution in [1.29, 1.82) is 0 Å². The molecule has 2 aromatic rings. The first-order valence-corrected chi connectivity index (χ1v) is 9.69. The van der Waals surface area contributed by atoms with Crippen LogP contribution < -0.4 is 9.46 Å². The lowest BCUT2D eigenvalue weighted by Gasteiger charge is -2.12. The van der Waals surface area contributed by atoms with Gasteiger partial charge >= 0.3 is 5.97 Å². The Labute approximate surface area is 158 Å². The quantitative estimate of drug-likeness (QED) is 0.573. The molecule has 0 amide bonds. The molecule has 0 aliphatic carbocycles. The number of nitrogens with one attached hydrogen (secondary N) is 1. The first-order valence-electron chi connectivity index (χ1n) is 7.83. The molecule has 0 aliphatic rings. The highest BCUT2D eigenvalue weighted by molar-refractivity contribution is 7.89. The second-order valence-electron chi connectivity index (χ2n) is 5.58. The highest BCUT2D eigenvalue weighted by Crippen LogP contribution is 2.22. The van der Waals surface area contributed by atoms with Gasteiger partial charge in [-0.15, -0.1) is 0 Å². The van der Waals surface area contributed by atoms with Gasteiger partial charge in [0.05, 0.1) is 22.6 Å². The Kier molecular flexibility index (Phi) is 6.63. The number of ether oxygens (including phenoxy) is 2. The fourth-order valence-electron chi connectivity index (χ4n) is 2.24. The van der Waals surface area contributed by atoms with Gasteiger partial charge < -0.3 is 9.47 Å². The third-order valence-corrected chi connectivity index (χ3v) is 5.65. The SMILES string of the molecule is COC(=O)c1cc(S(=O)(=O)NCCOc2cccc(C)c2C)ccc1Cl. The highest BCUT2D eigenvalue weighted by atomic mass is 35.5. The van der Waals surface area contributed by atoms with Crippen LogP contribution in [-0.4, -0.2) is 34.6 Å². The van der Waals surface area contributed by atoms with Crippen molar-refractivity contribution < 1.29 is 22.7 Å². The van der Waals surface area contributed by atoms with Crippen molar-refractivity contribution in [3.05, 3.63) is 58.1 Å². The molecular formula is C18H20ClNO5S. The van der Waals surface area contributed by atoms with Crippen LogP contribution in [0.3, 0.4) is 0 Å². The van der Waals surface area contributed by atoms with E-state index in [0.29, 0.717) is 5.75 Å². The van der Waals surface area contributed by atoms with Gasteiger partial charge in [-0.2, -0.15) is 0 Å². The molecule has 0 spiro atoms. The minimum absolute atomic E-state index is 0.0105. The Morgan fingerprint density at radius 3 is 2.62 bits per heavy atom. The van der Waals surface area contributed by atoms with E-state index in [9.17, 15) is 13.2 Å². The van der Waals surface area contributed by atoms with Crippen molar-refractivity contribution in [3.8, 4) is 5.75 Å². The van der Waals surface area contributed by atoms with Crippen LogP contribution in [0.1, 0.15) is 21.5 Å². The molecule has 8 heteroatoms. The summed E-state index contributed by atoms with van der Waals surface area (Å²) in [5, 5.41) is 0.119. The topological polar surface area (TPSA) is 81.7 Å². The van der Waals surface area contributed by atoms with E-state index in [1.54, 1.807) is 0 Å². The molecule has 0 heterocycles. The van der Waals surface area contributed by atoms with Crippen molar-refractivity contribution >= 4 is 27.6 Å². The highest BCUT2D eigenvalue weighted by Gasteiger charge is 2.19. The number of halogens is 1. The van der Waals surface area contributed by atoms with Gasteiger partial charge in [0.1, 0.15) is 12.4 Å². The van der Waals surface area contributed by atoms with Gasteiger partial charge in [-0.25, -0.2) is 17.9 Å². The molecular weight excluding hydrogens is 378 g/mol. The number of esters is 1. The minimum Gasteiger partial charge on any atom is -0.492 e. The number of hydrogen-bond donors (Lipinski definition) is 1. The van der Waals surface area contributed by atoms with Crippen LogP contribution >= 0.6 is 11.6 Å². The third-order valence-electron chi connectivity index (χ3n) is 3.86. The van der Waals surface area contributed by atoms with Gasteiger partial charge in [0.2, 0.25) is 10.0 Å². The summed E-state index contributed by atoms with van der Waals surface area (Å²) in [5.41, 5.74) is 2.10. The number of aryl methyl sites for hydroxylation is 1. The summed E-state index contributed by atoms with van der Waals surface area (Å²) in [6.07, 6.45) is 0. The van der Waals surface area contributed by atoms with E-state index in [2.05, 4.69) is 9.46 Å². The zero-order valence-electron chi connectivity index (χ0n) is 14.7. The molecule has 140 valence electrons. The Morgan fingerprint density at radius 1 is 1.19 bits per heavy atom. The molecule has 6 nitrogen and oxygen atoms in total. The average molecular weight is 398 g/mol. The fourth-order valence-corrected chi connectivity index (χ4v) is 3.47. The average Bonchev–Trinajstić information content (AvgIpc) is 2.61. The van der Waals surface area contributed by atoms with Crippen LogP contribution in [0.4, 0.5) is 0 Å². The lowest BCUT2D eigenvalue weighted by Crippen LogP contribution is -2.28. The zero-order valence-corrected chi connectivity index (χ0v) is 16.3. The van der Waals surface area contributed by atoms with E-state index in [4.69, 9.17) is 16.3 Å². The lowest BCUT2D eigenvalue weighted by molar-refractivity contribution is 0.0600. The van der Waals surface area contributed by atoms with Gasteiger partial charge in [0, 0.05) is 6.54 Å². The molecule has 0 radical (unpaired) electrons. The number of benzene rings is 2. The largest absolute Gasteiger partial charge is 0.492 e. The fraction of sp³-hybridized carbons (Fsp3) is 0.278. The molecule has 0 fully saturated rings. The van der Waals surface area contributed by atoms with Gasteiger partial charge in [-0.1, -0.05) is 23.7 Å². The predicted molar refractivity (Wildman–Crippen MR) is 99.4 cm³/mol. The molecule has 0 bridgehead atoms. The third kappa shape index (κ3) is 4.75. The van der Waals surface area contributed by atoms with Crippen LogP contribution in [0, 0.1) is 13.8 Å². The zero-order chi connectivity index (χ0) is 19.3. The van der Waals surface area contributed by atoms with Crippen LogP contribution in [0.2, 0.25) is 5.02 Å². The number of rotatable bonds is 7. The van der Waals surface area contributed by atoms with Gasteiger partial charge in [-0.3, -0.25) is 0 Å². The Balaban J connectivity index is 2.03. The number of hydrogen-bond acceptors (Lipinski definition) is 5. The summed E-state index contributed by atoms with van der Waals surface area (Å²) in [6, 6.07) is 9.53. The number of methoxy groups -OCH3 is 1. The second-order valence-corrected chi connectivity index (χ2v) is 7.75. The van der Waals surface area contributed by atoms with Crippen LogP contribution in [0.15, 0.2) is 41.3 Å². The van der Waals surface area contributed by atoms with Gasteiger partial charge in [0.25, 0.3) is 0 Å². The van der Waals surface area contributed by atoms with Crippen molar-refractivity contribution in [3.63, 3.8) is 0 Å². The summed E-state index contributed by atoms with van der Waals surface area (Å²) < 4.78 is 37.4. The summed E-state index contributed by atoms with van der Waals surface area (Å²) in [7, 11) is -2.61. The Bertz CT molecular complexity index is 912. The van der Waals surface area contributed by atoms with Crippen molar-refractivity contribution in [1.82, 2.24) is 4.72 Å². The monoisotopic (exact) mass is 397 g/mol. The molecule has 1 N–H and O–H groups in total. The molecule has 0 unspecified atom stereocenters. The van der Waals surface area contributed by atoms with E-state index < -0.39 is 16.0 Å². The first-order chi connectivity index (χ1) is 12.3. The molecule has 0 aromatic heterocycles. The van der Waals surface area contributed by atoms with Crippen molar-refractivity contribution in [2.24, 2.45) is 0 Å². The molecule has 0 atom stereocenters. The van der Waals surface area contributed by atoms with Crippen molar-refractivity contribution in [2.75, 3.05) is 20.3 Å². The van der Waals surface area contributed by atoms with E-state index in [-0.39, 0.29) is 28.6 Å². The van der Waals surface area contributed by atoms with Crippen LogP contribution in [-0.2, 0) is 14.8 Å². The number of sulfonamides is 1. The summed E-state index contributed by atoms with van der Waals surface area (Å²) in [5.74, 6) is 0.00831. The normalized spacial score (nSPS) is 11.2. The molecule has 0 saturated carbocycles. The minimum atomic E-state index is -3.81. The molecule has 0 saturated heterocycles. The van der Waals surface area contributed by atoms with E-state index in [1.807, 2.05) is 32.0 Å².